The minimum absolute atomic E-state index is 0.00720. The van der Waals surface area contributed by atoms with Crippen LogP contribution in [0.1, 0.15) is 65.9 Å². The van der Waals surface area contributed by atoms with Crippen molar-refractivity contribution in [2.75, 3.05) is 6.54 Å². The SMILES string of the molecule is O=C(c1cnc(C2CC2)nc1)N1CCCC[C@@H]1c1ccn2nccc2n1. The Balaban J connectivity index is 1.43. The Labute approximate surface area is 151 Å². The van der Waals surface area contributed by atoms with Crippen molar-refractivity contribution >= 4 is 11.6 Å². The number of hydrogen-bond donors (Lipinski definition) is 0. The number of nitrogens with zero attached hydrogens (tertiary/aromatic N) is 6. The highest BCUT2D eigenvalue weighted by Crippen LogP contribution is 2.37. The van der Waals surface area contributed by atoms with Crippen LogP contribution in [-0.2, 0) is 0 Å². The lowest BCUT2D eigenvalue weighted by Crippen LogP contribution is -2.39. The lowest BCUT2D eigenvalue weighted by atomic mass is 9.98. The van der Waals surface area contributed by atoms with Gasteiger partial charge < -0.3 is 4.90 Å². The van der Waals surface area contributed by atoms with Crippen LogP contribution >= 0.6 is 0 Å². The Morgan fingerprint density at radius 2 is 1.92 bits per heavy atom. The van der Waals surface area contributed by atoms with Crippen LogP contribution in [0.25, 0.3) is 5.65 Å². The number of aromatic nitrogens is 5. The lowest BCUT2D eigenvalue weighted by Gasteiger charge is -2.35. The fourth-order valence-electron chi connectivity index (χ4n) is 3.66. The smallest absolute Gasteiger partial charge is 0.257 e. The molecule has 0 radical (unpaired) electrons. The maximum Gasteiger partial charge on any atom is 0.257 e. The van der Waals surface area contributed by atoms with Crippen molar-refractivity contribution in [3.05, 3.63) is 54.0 Å². The number of likely N-dealkylation sites (tertiary alicyclic amines) is 1. The Bertz CT molecular complexity index is 946. The third-order valence-electron chi connectivity index (χ3n) is 5.25. The summed E-state index contributed by atoms with van der Waals surface area (Å²) in [5.41, 5.74) is 2.28. The van der Waals surface area contributed by atoms with Gasteiger partial charge in [0.2, 0.25) is 0 Å². The standard InChI is InChI=1S/C19H20N6O/c26-19(14-11-20-18(21-12-14)13-4-5-13)24-9-2-1-3-16(24)15-7-10-25-17(23-15)6-8-22-25/h6-8,10-13,16H,1-5,9H2/t16-/m1/s1. The lowest BCUT2D eigenvalue weighted by molar-refractivity contribution is 0.0605. The second-order valence-electron chi connectivity index (χ2n) is 7.10. The van der Waals surface area contributed by atoms with Gasteiger partial charge in [0.25, 0.3) is 5.91 Å². The van der Waals surface area contributed by atoms with Crippen molar-refractivity contribution in [3.8, 4) is 0 Å². The third-order valence-corrected chi connectivity index (χ3v) is 5.25. The number of rotatable bonds is 3. The molecule has 7 nitrogen and oxygen atoms in total. The van der Waals surface area contributed by atoms with Crippen molar-refractivity contribution < 1.29 is 4.79 Å². The number of fused-ring (bicyclic) bond motifs is 1. The molecular weight excluding hydrogens is 328 g/mol. The van der Waals surface area contributed by atoms with Crippen molar-refractivity contribution in [2.45, 2.75) is 44.1 Å². The van der Waals surface area contributed by atoms with Gasteiger partial charge in [-0.25, -0.2) is 19.5 Å². The van der Waals surface area contributed by atoms with Gasteiger partial charge in [-0.1, -0.05) is 0 Å². The average Bonchev–Trinajstić information content (AvgIpc) is 3.44. The molecule has 4 heterocycles. The van der Waals surface area contributed by atoms with Crippen molar-refractivity contribution in [1.29, 1.82) is 0 Å². The predicted molar refractivity (Wildman–Crippen MR) is 94.6 cm³/mol. The van der Waals surface area contributed by atoms with Crippen LogP contribution in [0.15, 0.2) is 36.9 Å². The quantitative estimate of drug-likeness (QED) is 0.727. The van der Waals surface area contributed by atoms with Crippen LogP contribution in [0.2, 0.25) is 0 Å². The first-order chi connectivity index (χ1) is 12.8. The van der Waals surface area contributed by atoms with Gasteiger partial charge in [0, 0.05) is 37.1 Å². The Morgan fingerprint density at radius 3 is 2.73 bits per heavy atom. The summed E-state index contributed by atoms with van der Waals surface area (Å²) in [5.74, 6) is 1.35. The molecule has 3 aromatic rings. The maximum atomic E-state index is 13.1. The zero-order valence-corrected chi connectivity index (χ0v) is 14.5. The van der Waals surface area contributed by atoms with Crippen molar-refractivity contribution in [3.63, 3.8) is 0 Å². The van der Waals surface area contributed by atoms with E-state index >= 15 is 0 Å². The molecule has 26 heavy (non-hydrogen) atoms. The molecule has 3 aromatic heterocycles. The normalized spacial score (nSPS) is 20.5. The molecule has 1 amide bonds. The van der Waals surface area contributed by atoms with Crippen LogP contribution in [0.4, 0.5) is 0 Å². The van der Waals surface area contributed by atoms with Crippen molar-refractivity contribution in [2.24, 2.45) is 0 Å². The number of carbonyl (C=O) groups is 1. The number of carbonyl (C=O) groups excluding carboxylic acids is 1. The second-order valence-corrected chi connectivity index (χ2v) is 7.10. The molecular formula is C19H20N6O. The van der Waals surface area contributed by atoms with Crippen molar-refractivity contribution in [1.82, 2.24) is 29.5 Å². The highest BCUT2D eigenvalue weighted by atomic mass is 16.2. The fraction of sp³-hybridized carbons (Fsp3) is 0.421. The summed E-state index contributed by atoms with van der Waals surface area (Å²) in [6, 6.07) is 3.82. The van der Waals surface area contributed by atoms with Crippen LogP contribution in [0, 0.1) is 0 Å². The van der Waals surface area contributed by atoms with Gasteiger partial charge >= 0.3 is 0 Å². The Morgan fingerprint density at radius 1 is 1.08 bits per heavy atom. The first-order valence-electron chi connectivity index (χ1n) is 9.23. The molecule has 1 aliphatic carbocycles. The first-order valence-corrected chi connectivity index (χ1v) is 9.23. The first kappa shape index (κ1) is 15.4. The minimum atomic E-state index is -0.0146. The summed E-state index contributed by atoms with van der Waals surface area (Å²) < 4.78 is 1.74. The largest absolute Gasteiger partial charge is 0.330 e. The number of amides is 1. The van der Waals surface area contributed by atoms with Crippen LogP contribution < -0.4 is 0 Å². The van der Waals surface area contributed by atoms with E-state index in [1.165, 1.54) is 0 Å². The molecule has 0 N–H and O–H groups in total. The summed E-state index contributed by atoms with van der Waals surface area (Å²) in [6.45, 7) is 0.736. The van der Waals surface area contributed by atoms with Gasteiger partial charge in [-0.15, -0.1) is 0 Å². The van der Waals surface area contributed by atoms with Gasteiger partial charge in [-0.05, 0) is 38.2 Å². The highest BCUT2D eigenvalue weighted by Gasteiger charge is 2.31. The van der Waals surface area contributed by atoms with Crippen LogP contribution in [0.5, 0.6) is 0 Å². The number of hydrogen-bond acceptors (Lipinski definition) is 5. The molecule has 1 atom stereocenters. The molecule has 2 aliphatic rings. The minimum Gasteiger partial charge on any atom is -0.330 e. The molecule has 2 fully saturated rings. The van der Waals surface area contributed by atoms with Gasteiger partial charge in [-0.2, -0.15) is 5.10 Å². The zero-order valence-electron chi connectivity index (χ0n) is 14.5. The van der Waals surface area contributed by atoms with E-state index < -0.39 is 0 Å². The van der Waals surface area contributed by atoms with E-state index in [2.05, 4.69) is 15.1 Å². The second kappa shape index (κ2) is 6.16. The summed E-state index contributed by atoms with van der Waals surface area (Å²) >= 11 is 0. The van der Waals surface area contributed by atoms with Gasteiger partial charge in [0.05, 0.1) is 23.5 Å². The molecule has 1 aliphatic heterocycles. The predicted octanol–water partition coefficient (Wildman–Crippen LogP) is 2.76. The van der Waals surface area contributed by atoms with Crippen LogP contribution in [-0.4, -0.2) is 41.9 Å². The molecule has 1 saturated carbocycles. The summed E-state index contributed by atoms with van der Waals surface area (Å²) in [7, 11) is 0. The van der Waals surface area contributed by atoms with E-state index in [0.29, 0.717) is 11.5 Å². The van der Waals surface area contributed by atoms with E-state index in [9.17, 15) is 4.79 Å². The fourth-order valence-corrected chi connectivity index (χ4v) is 3.66. The Kier molecular flexibility index (Phi) is 3.65. The molecule has 7 heteroatoms. The molecule has 0 bridgehead atoms. The third kappa shape index (κ3) is 2.73. The molecule has 0 unspecified atom stereocenters. The van der Waals surface area contributed by atoms with E-state index in [1.54, 1.807) is 23.1 Å². The van der Waals surface area contributed by atoms with Gasteiger partial charge in [0.1, 0.15) is 5.82 Å². The maximum absolute atomic E-state index is 13.1. The zero-order chi connectivity index (χ0) is 17.5. The van der Waals surface area contributed by atoms with E-state index in [4.69, 9.17) is 4.98 Å². The van der Waals surface area contributed by atoms with E-state index in [1.807, 2.05) is 23.2 Å². The Hall–Kier alpha value is -2.83. The molecule has 0 spiro atoms. The number of piperidine rings is 1. The summed E-state index contributed by atoms with van der Waals surface area (Å²) in [6.07, 6.45) is 12.3. The molecule has 5 rings (SSSR count). The molecule has 1 saturated heterocycles. The average molecular weight is 348 g/mol. The summed E-state index contributed by atoms with van der Waals surface area (Å²) in [4.78, 5) is 28.5. The van der Waals surface area contributed by atoms with E-state index in [-0.39, 0.29) is 11.9 Å². The molecule has 0 aromatic carbocycles. The van der Waals surface area contributed by atoms with E-state index in [0.717, 1.165) is 55.8 Å². The molecule has 132 valence electrons. The highest BCUT2D eigenvalue weighted by molar-refractivity contribution is 5.94. The van der Waals surface area contributed by atoms with Crippen LogP contribution in [0.3, 0.4) is 0 Å². The monoisotopic (exact) mass is 348 g/mol. The summed E-state index contributed by atoms with van der Waals surface area (Å²) in [5, 5.41) is 4.19. The van der Waals surface area contributed by atoms with Gasteiger partial charge in [-0.3, -0.25) is 4.79 Å². The topological polar surface area (TPSA) is 76.3 Å². The van der Waals surface area contributed by atoms with Gasteiger partial charge in [0.15, 0.2) is 5.65 Å².